The van der Waals surface area contributed by atoms with Crippen molar-refractivity contribution in [1.82, 2.24) is 0 Å². The first-order valence-corrected chi connectivity index (χ1v) is 6.07. The fourth-order valence-electron chi connectivity index (χ4n) is 1.14. The summed E-state index contributed by atoms with van der Waals surface area (Å²) in [6.45, 7) is 17.0. The summed E-state index contributed by atoms with van der Waals surface area (Å²) in [5.74, 6) is -3.64. The van der Waals surface area contributed by atoms with E-state index in [1.807, 2.05) is 0 Å². The SMILES string of the molecule is C=C(/C=C(/F)C(=C)CC)C(=C)/C(F)=C(/F)C(=C)OCC. The molecule has 0 atom stereocenters. The number of allylic oxidation sites excluding steroid dienone is 7. The summed E-state index contributed by atoms with van der Waals surface area (Å²) in [5, 5.41) is 0. The highest BCUT2D eigenvalue weighted by Crippen LogP contribution is 2.28. The van der Waals surface area contributed by atoms with Crippen molar-refractivity contribution in [2.75, 3.05) is 6.61 Å². The fourth-order valence-corrected chi connectivity index (χ4v) is 1.14. The summed E-state index contributed by atoms with van der Waals surface area (Å²) in [6, 6.07) is 0. The van der Waals surface area contributed by atoms with Crippen LogP contribution in [0.4, 0.5) is 13.2 Å². The van der Waals surface area contributed by atoms with Crippen molar-refractivity contribution >= 4 is 0 Å². The van der Waals surface area contributed by atoms with Gasteiger partial charge in [-0.3, -0.25) is 0 Å². The minimum absolute atomic E-state index is 0.0888. The Bertz CT molecular complexity index is 496. The van der Waals surface area contributed by atoms with Gasteiger partial charge in [-0.1, -0.05) is 33.2 Å². The molecule has 0 aliphatic carbocycles. The molecule has 0 heterocycles. The molecule has 0 aromatic rings. The maximum atomic E-state index is 13.8. The van der Waals surface area contributed by atoms with Crippen molar-refractivity contribution in [3.05, 3.63) is 72.4 Å². The quantitative estimate of drug-likeness (QED) is 0.415. The van der Waals surface area contributed by atoms with Gasteiger partial charge in [-0.25, -0.2) is 8.78 Å². The van der Waals surface area contributed by atoms with E-state index in [0.29, 0.717) is 6.42 Å². The number of halogens is 3. The highest BCUT2D eigenvalue weighted by atomic mass is 19.2. The van der Waals surface area contributed by atoms with Crippen molar-refractivity contribution in [3.8, 4) is 0 Å². The molecule has 1 nitrogen and oxygen atoms in total. The minimum Gasteiger partial charge on any atom is -0.491 e. The minimum atomic E-state index is -1.28. The number of rotatable bonds is 8. The summed E-state index contributed by atoms with van der Waals surface area (Å²) in [7, 11) is 0. The number of hydrogen-bond acceptors (Lipinski definition) is 1. The molecule has 0 fully saturated rings. The van der Waals surface area contributed by atoms with Crippen LogP contribution in [-0.4, -0.2) is 6.61 Å². The summed E-state index contributed by atoms with van der Waals surface area (Å²) < 4.78 is 45.7. The molecule has 20 heavy (non-hydrogen) atoms. The molecule has 0 bridgehead atoms. The molecular weight excluding hydrogens is 265 g/mol. The first-order chi connectivity index (χ1) is 9.26. The molecular formula is C16H19F3O. The molecule has 0 unspecified atom stereocenters. The van der Waals surface area contributed by atoms with Crippen molar-refractivity contribution in [3.63, 3.8) is 0 Å². The Morgan fingerprint density at radius 3 is 2.00 bits per heavy atom. The first-order valence-electron chi connectivity index (χ1n) is 6.07. The van der Waals surface area contributed by atoms with E-state index in [1.54, 1.807) is 13.8 Å². The van der Waals surface area contributed by atoms with Crippen LogP contribution in [0.3, 0.4) is 0 Å². The lowest BCUT2D eigenvalue weighted by Gasteiger charge is -2.08. The maximum absolute atomic E-state index is 13.8. The van der Waals surface area contributed by atoms with E-state index < -0.39 is 23.2 Å². The molecule has 0 aromatic heterocycles. The normalized spacial score (nSPS) is 12.6. The van der Waals surface area contributed by atoms with Gasteiger partial charge in [0.2, 0.25) is 5.83 Å². The highest BCUT2D eigenvalue weighted by molar-refractivity contribution is 5.50. The van der Waals surface area contributed by atoms with Crippen LogP contribution in [0.2, 0.25) is 0 Å². The highest BCUT2D eigenvalue weighted by Gasteiger charge is 2.16. The van der Waals surface area contributed by atoms with Gasteiger partial charge < -0.3 is 4.74 Å². The van der Waals surface area contributed by atoms with E-state index in [-0.39, 0.29) is 23.3 Å². The van der Waals surface area contributed by atoms with Crippen LogP contribution in [0.25, 0.3) is 0 Å². The zero-order valence-corrected chi connectivity index (χ0v) is 11.9. The number of ether oxygens (including phenoxy) is 1. The summed E-state index contributed by atoms with van der Waals surface area (Å²) >= 11 is 0. The Labute approximate surface area is 118 Å². The Hall–Kier alpha value is -1.97. The van der Waals surface area contributed by atoms with E-state index in [9.17, 15) is 13.2 Å². The van der Waals surface area contributed by atoms with Gasteiger partial charge in [0.25, 0.3) is 0 Å². The molecule has 0 rings (SSSR count). The molecule has 110 valence electrons. The van der Waals surface area contributed by atoms with Crippen molar-refractivity contribution in [2.24, 2.45) is 0 Å². The van der Waals surface area contributed by atoms with E-state index in [1.165, 1.54) is 0 Å². The predicted octanol–water partition coefficient (Wildman–Crippen LogP) is 5.62. The van der Waals surface area contributed by atoms with Crippen LogP contribution < -0.4 is 0 Å². The third-order valence-corrected chi connectivity index (χ3v) is 2.47. The summed E-state index contributed by atoms with van der Waals surface area (Å²) in [6.07, 6.45) is 1.36. The van der Waals surface area contributed by atoms with Crippen LogP contribution in [0.5, 0.6) is 0 Å². The Morgan fingerprint density at radius 2 is 1.55 bits per heavy atom. The Balaban J connectivity index is 5.17. The van der Waals surface area contributed by atoms with Crippen molar-refractivity contribution in [2.45, 2.75) is 20.3 Å². The van der Waals surface area contributed by atoms with Gasteiger partial charge >= 0.3 is 0 Å². The molecule has 0 saturated heterocycles. The molecule has 0 aliphatic heterocycles. The monoisotopic (exact) mass is 284 g/mol. The van der Waals surface area contributed by atoms with Crippen LogP contribution in [0.1, 0.15) is 20.3 Å². The average molecular weight is 284 g/mol. The van der Waals surface area contributed by atoms with Gasteiger partial charge in [0.15, 0.2) is 11.6 Å². The van der Waals surface area contributed by atoms with Gasteiger partial charge in [0.05, 0.1) is 6.61 Å². The molecule has 0 N–H and O–H groups in total. The van der Waals surface area contributed by atoms with Gasteiger partial charge in [0.1, 0.15) is 5.83 Å². The second-order valence-corrected chi connectivity index (χ2v) is 3.94. The molecule has 4 heteroatoms. The van der Waals surface area contributed by atoms with E-state index >= 15 is 0 Å². The smallest absolute Gasteiger partial charge is 0.200 e. The first kappa shape index (κ1) is 18.0. The van der Waals surface area contributed by atoms with Crippen LogP contribution >= 0.6 is 0 Å². The molecule has 0 spiro atoms. The third kappa shape index (κ3) is 4.96. The zero-order valence-electron chi connectivity index (χ0n) is 11.9. The lowest BCUT2D eigenvalue weighted by molar-refractivity contribution is 0.224. The topological polar surface area (TPSA) is 9.23 Å². The van der Waals surface area contributed by atoms with Gasteiger partial charge in [0, 0.05) is 5.57 Å². The molecule has 0 aromatic carbocycles. The van der Waals surface area contributed by atoms with Crippen molar-refractivity contribution < 1.29 is 17.9 Å². The maximum Gasteiger partial charge on any atom is 0.200 e. The number of hydrogen-bond donors (Lipinski definition) is 0. The Morgan fingerprint density at radius 1 is 1.00 bits per heavy atom. The van der Waals surface area contributed by atoms with E-state index in [2.05, 4.69) is 26.3 Å². The van der Waals surface area contributed by atoms with Crippen LogP contribution in [0, 0.1) is 0 Å². The third-order valence-electron chi connectivity index (χ3n) is 2.47. The molecule has 0 radical (unpaired) electrons. The van der Waals surface area contributed by atoms with Gasteiger partial charge in [-0.05, 0) is 30.6 Å². The van der Waals surface area contributed by atoms with E-state index in [4.69, 9.17) is 4.74 Å². The predicted molar refractivity (Wildman–Crippen MR) is 76.9 cm³/mol. The van der Waals surface area contributed by atoms with Gasteiger partial charge in [-0.15, -0.1) is 0 Å². The fraction of sp³-hybridized carbons (Fsp3) is 0.250. The second-order valence-electron chi connectivity index (χ2n) is 3.94. The zero-order chi connectivity index (χ0) is 15.9. The van der Waals surface area contributed by atoms with Crippen LogP contribution in [0.15, 0.2) is 72.4 Å². The standard InChI is InChI=1S/C16H19F3O/c1-7-10(3)14(17)9-11(4)12(5)15(18)16(19)13(6)20-8-2/h9H,3-8H2,1-2H3/b14-9+,16-15-. The molecule has 0 aliphatic rings. The second kappa shape index (κ2) is 8.25. The summed E-state index contributed by atoms with van der Waals surface area (Å²) in [5.41, 5.74) is -0.223. The van der Waals surface area contributed by atoms with Crippen molar-refractivity contribution in [1.29, 1.82) is 0 Å². The lowest BCUT2D eigenvalue weighted by atomic mass is 10.0. The van der Waals surface area contributed by atoms with Gasteiger partial charge in [-0.2, -0.15) is 4.39 Å². The molecule has 0 saturated carbocycles. The van der Waals surface area contributed by atoms with Crippen LogP contribution in [-0.2, 0) is 4.74 Å². The van der Waals surface area contributed by atoms with E-state index in [0.717, 1.165) is 6.08 Å². The molecule has 0 amide bonds. The summed E-state index contributed by atoms with van der Waals surface area (Å²) in [4.78, 5) is 0. The Kier molecular flexibility index (Phi) is 7.44. The lowest BCUT2D eigenvalue weighted by Crippen LogP contribution is -1.96. The average Bonchev–Trinajstić information content (AvgIpc) is 2.43. The largest absolute Gasteiger partial charge is 0.491 e.